The molecular weight excluding hydrogens is 303 g/mol. The molecule has 0 spiro atoms. The Kier molecular flexibility index (Phi) is 4.15. The third-order valence-electron chi connectivity index (χ3n) is 2.64. The minimum atomic E-state index is -4.50. The predicted octanol–water partition coefficient (Wildman–Crippen LogP) is 2.24. The number of amides is 1. The number of hydrogen-bond donors (Lipinski definition) is 2. The highest BCUT2D eigenvalue weighted by molar-refractivity contribution is 5.90. The number of carboxylic acid groups (broad SMARTS) is 1. The molecule has 2 rings (SSSR count). The second-order valence-electron chi connectivity index (χ2n) is 4.33. The van der Waals surface area contributed by atoms with Crippen molar-refractivity contribution in [3.8, 4) is 0 Å². The number of aromatic carboxylic acids is 1. The highest BCUT2D eigenvalue weighted by atomic mass is 19.4. The minimum Gasteiger partial charge on any atom is -0.476 e. The van der Waals surface area contributed by atoms with Crippen LogP contribution in [0.2, 0.25) is 0 Å². The van der Waals surface area contributed by atoms with E-state index in [1.165, 1.54) is 24.4 Å². The van der Waals surface area contributed by atoms with Gasteiger partial charge in [-0.15, -0.1) is 0 Å². The molecule has 0 radical (unpaired) electrons. The lowest BCUT2D eigenvalue weighted by molar-refractivity contribution is -0.137. The third-order valence-corrected chi connectivity index (χ3v) is 2.64. The van der Waals surface area contributed by atoms with Crippen LogP contribution in [0.15, 0.2) is 36.5 Å². The van der Waals surface area contributed by atoms with Crippen molar-refractivity contribution < 1.29 is 27.9 Å². The maximum absolute atomic E-state index is 12.5. The number of benzene rings is 1. The first-order valence-corrected chi connectivity index (χ1v) is 5.99. The molecule has 0 unspecified atom stereocenters. The lowest BCUT2D eigenvalue weighted by Gasteiger charge is -2.09. The largest absolute Gasteiger partial charge is 0.476 e. The molecule has 2 aromatic rings. The number of anilines is 1. The molecule has 0 saturated carbocycles. The average molecular weight is 313 g/mol. The number of nitrogens with zero attached hydrogens (tertiary/aromatic N) is 2. The SMILES string of the molecule is O=C(Cn1ccc(C(=O)O)n1)Nc1cccc(C(F)(F)F)c1. The Morgan fingerprint density at radius 3 is 2.59 bits per heavy atom. The molecule has 1 aromatic carbocycles. The normalized spacial score (nSPS) is 11.2. The van der Waals surface area contributed by atoms with Crippen LogP contribution in [0.5, 0.6) is 0 Å². The van der Waals surface area contributed by atoms with Gasteiger partial charge in [0.25, 0.3) is 0 Å². The van der Waals surface area contributed by atoms with Crippen molar-refractivity contribution >= 4 is 17.6 Å². The number of carbonyl (C=O) groups is 2. The van der Waals surface area contributed by atoms with E-state index < -0.39 is 23.6 Å². The molecule has 116 valence electrons. The molecule has 2 N–H and O–H groups in total. The summed E-state index contributed by atoms with van der Waals surface area (Å²) in [7, 11) is 0. The molecule has 0 bridgehead atoms. The van der Waals surface area contributed by atoms with Crippen LogP contribution in [0, 0.1) is 0 Å². The van der Waals surface area contributed by atoms with Crippen molar-refractivity contribution in [1.82, 2.24) is 9.78 Å². The number of nitrogens with one attached hydrogen (secondary N) is 1. The third kappa shape index (κ3) is 3.84. The van der Waals surface area contributed by atoms with Crippen LogP contribution < -0.4 is 5.32 Å². The van der Waals surface area contributed by atoms with Crippen LogP contribution >= 0.6 is 0 Å². The molecule has 0 atom stereocenters. The molecule has 0 aliphatic rings. The lowest BCUT2D eigenvalue weighted by Crippen LogP contribution is -2.19. The van der Waals surface area contributed by atoms with E-state index in [1.807, 2.05) is 0 Å². The topological polar surface area (TPSA) is 84.2 Å². The first kappa shape index (κ1) is 15.5. The van der Waals surface area contributed by atoms with E-state index in [0.717, 1.165) is 16.8 Å². The number of hydrogen-bond acceptors (Lipinski definition) is 3. The first-order chi connectivity index (χ1) is 10.3. The maximum Gasteiger partial charge on any atom is 0.416 e. The van der Waals surface area contributed by atoms with Gasteiger partial charge >= 0.3 is 12.1 Å². The van der Waals surface area contributed by atoms with Crippen LogP contribution in [-0.2, 0) is 17.5 Å². The van der Waals surface area contributed by atoms with Crippen molar-refractivity contribution in [3.05, 3.63) is 47.8 Å². The monoisotopic (exact) mass is 313 g/mol. The van der Waals surface area contributed by atoms with Gasteiger partial charge in [0.2, 0.25) is 5.91 Å². The molecule has 1 amide bonds. The summed E-state index contributed by atoms with van der Waals surface area (Å²) >= 11 is 0. The average Bonchev–Trinajstić information content (AvgIpc) is 2.86. The van der Waals surface area contributed by atoms with Gasteiger partial charge in [-0.2, -0.15) is 18.3 Å². The Bertz CT molecular complexity index is 710. The van der Waals surface area contributed by atoms with Crippen LogP contribution in [0.3, 0.4) is 0 Å². The molecule has 22 heavy (non-hydrogen) atoms. The van der Waals surface area contributed by atoms with E-state index in [9.17, 15) is 22.8 Å². The Morgan fingerprint density at radius 1 is 1.27 bits per heavy atom. The molecule has 0 fully saturated rings. The van der Waals surface area contributed by atoms with Crippen molar-refractivity contribution in [2.24, 2.45) is 0 Å². The summed E-state index contributed by atoms with van der Waals surface area (Å²) < 4.78 is 38.7. The summed E-state index contributed by atoms with van der Waals surface area (Å²) in [5.74, 6) is -1.86. The zero-order valence-electron chi connectivity index (χ0n) is 11.0. The Morgan fingerprint density at radius 2 is 2.00 bits per heavy atom. The fourth-order valence-electron chi connectivity index (χ4n) is 1.68. The summed E-state index contributed by atoms with van der Waals surface area (Å²) in [6.07, 6.45) is -3.21. The molecule has 1 heterocycles. The summed E-state index contributed by atoms with van der Waals surface area (Å²) in [6.45, 7) is -0.316. The van der Waals surface area contributed by atoms with Gasteiger partial charge in [-0.1, -0.05) is 6.07 Å². The quantitative estimate of drug-likeness (QED) is 0.906. The molecule has 1 aromatic heterocycles. The number of alkyl halides is 3. The van der Waals surface area contributed by atoms with Crippen molar-refractivity contribution in [1.29, 1.82) is 0 Å². The van der Waals surface area contributed by atoms with Crippen LogP contribution in [0.25, 0.3) is 0 Å². The highest BCUT2D eigenvalue weighted by Crippen LogP contribution is 2.30. The minimum absolute atomic E-state index is 0.00885. The molecule has 0 aliphatic carbocycles. The summed E-state index contributed by atoms with van der Waals surface area (Å²) in [4.78, 5) is 22.4. The van der Waals surface area contributed by atoms with E-state index in [-0.39, 0.29) is 17.9 Å². The second-order valence-corrected chi connectivity index (χ2v) is 4.33. The van der Waals surface area contributed by atoms with Gasteiger partial charge in [0.1, 0.15) is 6.54 Å². The highest BCUT2D eigenvalue weighted by Gasteiger charge is 2.30. The van der Waals surface area contributed by atoms with Gasteiger partial charge in [0.15, 0.2) is 5.69 Å². The maximum atomic E-state index is 12.5. The lowest BCUT2D eigenvalue weighted by atomic mass is 10.2. The zero-order valence-corrected chi connectivity index (χ0v) is 11.0. The van der Waals surface area contributed by atoms with Gasteiger partial charge < -0.3 is 10.4 Å². The fraction of sp³-hybridized carbons (Fsp3) is 0.154. The Hall–Kier alpha value is -2.84. The van der Waals surface area contributed by atoms with Gasteiger partial charge in [-0.25, -0.2) is 4.79 Å². The fourth-order valence-corrected chi connectivity index (χ4v) is 1.68. The molecular formula is C13H10F3N3O3. The number of carbonyl (C=O) groups excluding carboxylic acids is 1. The van der Waals surface area contributed by atoms with Crippen LogP contribution in [0.4, 0.5) is 18.9 Å². The van der Waals surface area contributed by atoms with Crippen molar-refractivity contribution in [2.75, 3.05) is 5.32 Å². The van der Waals surface area contributed by atoms with Gasteiger partial charge in [0.05, 0.1) is 5.56 Å². The second kappa shape index (κ2) is 5.88. The van der Waals surface area contributed by atoms with Crippen molar-refractivity contribution in [3.63, 3.8) is 0 Å². The van der Waals surface area contributed by atoms with E-state index >= 15 is 0 Å². The van der Waals surface area contributed by atoms with Crippen LogP contribution in [0.1, 0.15) is 16.1 Å². The zero-order chi connectivity index (χ0) is 16.3. The molecule has 0 aliphatic heterocycles. The molecule has 9 heteroatoms. The number of halogens is 3. The first-order valence-electron chi connectivity index (χ1n) is 5.99. The van der Waals surface area contributed by atoms with E-state index in [4.69, 9.17) is 5.11 Å². The van der Waals surface area contributed by atoms with E-state index in [1.54, 1.807) is 0 Å². The summed E-state index contributed by atoms with van der Waals surface area (Å²) in [6, 6.07) is 5.40. The van der Waals surface area contributed by atoms with Crippen molar-refractivity contribution in [2.45, 2.75) is 12.7 Å². The predicted molar refractivity (Wildman–Crippen MR) is 69.3 cm³/mol. The number of carboxylic acids is 1. The molecule has 0 saturated heterocycles. The number of aromatic nitrogens is 2. The number of rotatable bonds is 4. The van der Waals surface area contributed by atoms with Gasteiger partial charge in [-0.3, -0.25) is 9.48 Å². The van der Waals surface area contributed by atoms with Crippen LogP contribution in [-0.4, -0.2) is 26.8 Å². The summed E-state index contributed by atoms with van der Waals surface area (Å²) in [5, 5.41) is 14.6. The van der Waals surface area contributed by atoms with Gasteiger partial charge in [-0.05, 0) is 24.3 Å². The Labute approximate surface area is 122 Å². The summed E-state index contributed by atoms with van der Waals surface area (Å²) in [5.41, 5.74) is -1.12. The van der Waals surface area contributed by atoms with E-state index in [2.05, 4.69) is 10.4 Å². The van der Waals surface area contributed by atoms with E-state index in [0.29, 0.717) is 0 Å². The smallest absolute Gasteiger partial charge is 0.416 e. The Balaban J connectivity index is 2.04. The standard InChI is InChI=1S/C13H10F3N3O3/c14-13(15,16)8-2-1-3-9(6-8)17-11(20)7-19-5-4-10(18-19)12(21)22/h1-6H,7H2,(H,17,20)(H,21,22). The molecule has 6 nitrogen and oxygen atoms in total. The van der Waals surface area contributed by atoms with Gasteiger partial charge in [0, 0.05) is 11.9 Å².